The SMILES string of the molecule is CN(C)S(=O)(=O)n1cnc2cccnc21.CS(=O)(=O)O. The molecule has 2 aromatic heterocycles. The summed E-state index contributed by atoms with van der Waals surface area (Å²) in [5, 5.41) is 0. The summed E-state index contributed by atoms with van der Waals surface area (Å²) in [6, 6.07) is 3.42. The van der Waals surface area contributed by atoms with E-state index in [1.54, 1.807) is 12.1 Å². The minimum absolute atomic E-state index is 0.339. The third-order valence-electron chi connectivity index (χ3n) is 1.99. The molecule has 1 N–H and O–H groups in total. The van der Waals surface area contributed by atoms with Crippen molar-refractivity contribution >= 4 is 31.5 Å². The molecule has 0 bridgehead atoms. The van der Waals surface area contributed by atoms with Gasteiger partial charge in [-0.05, 0) is 12.1 Å². The van der Waals surface area contributed by atoms with E-state index in [0.717, 1.165) is 8.28 Å². The summed E-state index contributed by atoms with van der Waals surface area (Å²) in [5.74, 6) is 0. The summed E-state index contributed by atoms with van der Waals surface area (Å²) in [6.45, 7) is 0. The van der Waals surface area contributed by atoms with Crippen molar-refractivity contribution in [2.24, 2.45) is 0 Å². The van der Waals surface area contributed by atoms with E-state index in [4.69, 9.17) is 4.55 Å². The largest absolute Gasteiger partial charge is 0.310 e. The fourth-order valence-electron chi connectivity index (χ4n) is 1.17. The number of hydrogen-bond acceptors (Lipinski definition) is 6. The van der Waals surface area contributed by atoms with Gasteiger partial charge in [-0.25, -0.2) is 9.97 Å². The smallest absolute Gasteiger partial charge is 0.286 e. The van der Waals surface area contributed by atoms with E-state index in [2.05, 4.69) is 9.97 Å². The van der Waals surface area contributed by atoms with E-state index in [9.17, 15) is 16.8 Å². The lowest BCUT2D eigenvalue weighted by atomic mass is 10.4. The van der Waals surface area contributed by atoms with Crippen LogP contribution in [0.3, 0.4) is 0 Å². The number of pyridine rings is 1. The molecule has 0 saturated carbocycles. The minimum atomic E-state index is -3.67. The zero-order valence-electron chi connectivity index (χ0n) is 11.0. The van der Waals surface area contributed by atoms with Gasteiger partial charge in [0, 0.05) is 20.3 Å². The fraction of sp³-hybridized carbons (Fsp3) is 0.333. The van der Waals surface area contributed by atoms with Crippen molar-refractivity contribution < 1.29 is 21.4 Å². The van der Waals surface area contributed by atoms with E-state index in [0.29, 0.717) is 17.4 Å². The van der Waals surface area contributed by atoms with E-state index >= 15 is 0 Å². The zero-order chi connectivity index (χ0) is 15.6. The molecule has 0 spiro atoms. The van der Waals surface area contributed by atoms with Crippen LogP contribution in [0.5, 0.6) is 0 Å². The normalized spacial score (nSPS) is 12.2. The molecule has 112 valence electrons. The Morgan fingerprint density at radius 1 is 1.20 bits per heavy atom. The second-order valence-electron chi connectivity index (χ2n) is 3.91. The Labute approximate surface area is 116 Å². The molecule has 2 rings (SSSR count). The maximum absolute atomic E-state index is 11.8. The van der Waals surface area contributed by atoms with Crippen LogP contribution < -0.4 is 0 Å². The number of fused-ring (bicyclic) bond motifs is 1. The molecule has 0 aliphatic rings. The highest BCUT2D eigenvalue weighted by Crippen LogP contribution is 2.12. The van der Waals surface area contributed by atoms with Gasteiger partial charge in [-0.2, -0.15) is 25.1 Å². The monoisotopic (exact) mass is 322 g/mol. The molecule has 2 aromatic rings. The van der Waals surface area contributed by atoms with Crippen LogP contribution in [0.15, 0.2) is 24.7 Å². The van der Waals surface area contributed by atoms with Crippen molar-refractivity contribution in [1.82, 2.24) is 18.2 Å². The van der Waals surface area contributed by atoms with Crippen molar-refractivity contribution in [3.05, 3.63) is 24.7 Å². The predicted octanol–water partition coefficient (Wildman–Crippen LogP) is -0.410. The van der Waals surface area contributed by atoms with Crippen LogP contribution in [0.25, 0.3) is 11.2 Å². The highest BCUT2D eigenvalue weighted by Gasteiger charge is 2.19. The van der Waals surface area contributed by atoms with Gasteiger partial charge in [0.05, 0.1) is 6.26 Å². The Bertz CT molecular complexity index is 787. The molecule has 20 heavy (non-hydrogen) atoms. The van der Waals surface area contributed by atoms with E-state index < -0.39 is 20.3 Å². The highest BCUT2D eigenvalue weighted by molar-refractivity contribution is 7.87. The standard InChI is InChI=1S/C8H10N4O2S.CH4O3S/c1-11(2)15(13,14)12-6-10-7-4-3-5-9-8(7)12;1-5(2,3)4/h3-6H,1-2H3;1H3,(H,2,3,4). The Hall–Kier alpha value is -1.56. The average molecular weight is 322 g/mol. The topological polar surface area (TPSA) is 122 Å². The Morgan fingerprint density at radius 3 is 2.25 bits per heavy atom. The van der Waals surface area contributed by atoms with Crippen LogP contribution in [0, 0.1) is 0 Å². The van der Waals surface area contributed by atoms with Crippen LogP contribution in [-0.2, 0) is 20.3 Å². The summed E-state index contributed by atoms with van der Waals surface area (Å²) in [7, 11) is -4.28. The molecule has 2 heterocycles. The first-order valence-electron chi connectivity index (χ1n) is 5.17. The first-order valence-corrected chi connectivity index (χ1v) is 8.41. The Morgan fingerprint density at radius 2 is 1.75 bits per heavy atom. The van der Waals surface area contributed by atoms with Crippen LogP contribution in [0.4, 0.5) is 0 Å². The molecule has 0 aliphatic carbocycles. The third-order valence-corrected chi connectivity index (χ3v) is 3.67. The molecule has 0 aliphatic heterocycles. The van der Waals surface area contributed by atoms with E-state index in [1.807, 2.05) is 0 Å². The molecular formula is C9H14N4O5S2. The molecule has 0 amide bonds. The molecule has 0 aromatic carbocycles. The molecular weight excluding hydrogens is 308 g/mol. The fourth-order valence-corrected chi connectivity index (χ4v) is 2.05. The molecule has 0 unspecified atom stereocenters. The number of nitrogens with zero attached hydrogens (tertiary/aromatic N) is 4. The van der Waals surface area contributed by atoms with Crippen LogP contribution in [0.1, 0.15) is 0 Å². The molecule has 0 saturated heterocycles. The molecule has 0 atom stereocenters. The van der Waals surface area contributed by atoms with Crippen molar-refractivity contribution in [2.45, 2.75) is 0 Å². The van der Waals surface area contributed by atoms with Crippen molar-refractivity contribution in [3.8, 4) is 0 Å². The number of aromatic nitrogens is 3. The molecule has 9 nitrogen and oxygen atoms in total. The van der Waals surface area contributed by atoms with Gasteiger partial charge in [-0.3, -0.25) is 4.55 Å². The minimum Gasteiger partial charge on any atom is -0.286 e. The Balaban J connectivity index is 0.000000347. The zero-order valence-corrected chi connectivity index (χ0v) is 12.6. The number of rotatable bonds is 2. The maximum atomic E-state index is 11.8. The molecule has 11 heteroatoms. The van der Waals surface area contributed by atoms with Gasteiger partial charge in [0.1, 0.15) is 11.8 Å². The summed E-state index contributed by atoms with van der Waals surface area (Å²) < 4.78 is 51.7. The second kappa shape index (κ2) is 5.83. The second-order valence-corrected chi connectivity index (χ2v) is 7.40. The first-order chi connectivity index (χ1) is 9.03. The van der Waals surface area contributed by atoms with Gasteiger partial charge in [0.15, 0.2) is 5.65 Å². The lowest BCUT2D eigenvalue weighted by Crippen LogP contribution is -2.28. The molecule has 0 radical (unpaired) electrons. The first kappa shape index (κ1) is 16.5. The van der Waals surface area contributed by atoms with Gasteiger partial charge in [-0.15, -0.1) is 0 Å². The summed E-state index contributed by atoms with van der Waals surface area (Å²) in [5.41, 5.74) is 0.897. The quantitative estimate of drug-likeness (QED) is 0.746. The summed E-state index contributed by atoms with van der Waals surface area (Å²) in [6.07, 6.45) is 3.51. The van der Waals surface area contributed by atoms with Gasteiger partial charge < -0.3 is 0 Å². The van der Waals surface area contributed by atoms with Crippen molar-refractivity contribution in [3.63, 3.8) is 0 Å². The van der Waals surface area contributed by atoms with Crippen LogP contribution in [-0.4, -0.2) is 60.0 Å². The predicted molar refractivity (Wildman–Crippen MR) is 73.0 cm³/mol. The highest BCUT2D eigenvalue weighted by atomic mass is 32.2. The summed E-state index contributed by atoms with van der Waals surface area (Å²) in [4.78, 5) is 7.95. The van der Waals surface area contributed by atoms with E-state index in [1.165, 1.54) is 26.6 Å². The van der Waals surface area contributed by atoms with Crippen molar-refractivity contribution in [2.75, 3.05) is 20.4 Å². The van der Waals surface area contributed by atoms with Gasteiger partial charge in [-0.1, -0.05) is 0 Å². The Kier molecular flexibility index (Phi) is 4.81. The van der Waals surface area contributed by atoms with E-state index in [-0.39, 0.29) is 0 Å². The van der Waals surface area contributed by atoms with Gasteiger partial charge in [0.25, 0.3) is 10.1 Å². The van der Waals surface area contributed by atoms with Crippen molar-refractivity contribution in [1.29, 1.82) is 0 Å². The van der Waals surface area contributed by atoms with Crippen LogP contribution in [0.2, 0.25) is 0 Å². The van der Waals surface area contributed by atoms with Gasteiger partial charge in [0.2, 0.25) is 0 Å². The number of hydrogen-bond donors (Lipinski definition) is 1. The number of imidazole rings is 1. The lowest BCUT2D eigenvalue weighted by Gasteiger charge is -2.11. The molecule has 0 fully saturated rings. The van der Waals surface area contributed by atoms with Crippen LogP contribution >= 0.6 is 0 Å². The lowest BCUT2D eigenvalue weighted by molar-refractivity contribution is 0.490. The third kappa shape index (κ3) is 4.23. The summed E-state index contributed by atoms with van der Waals surface area (Å²) >= 11 is 0. The maximum Gasteiger partial charge on any atom is 0.310 e. The average Bonchev–Trinajstić information content (AvgIpc) is 2.70. The van der Waals surface area contributed by atoms with Gasteiger partial charge >= 0.3 is 10.2 Å².